The topological polar surface area (TPSA) is 51.5 Å². The van der Waals surface area contributed by atoms with Crippen LogP contribution >= 0.6 is 0 Å². The highest BCUT2D eigenvalue weighted by atomic mass is 32.2. The molecule has 0 N–H and O–H groups in total. The quantitative estimate of drug-likeness (QED) is 0.710. The van der Waals surface area contributed by atoms with Crippen molar-refractivity contribution in [3.8, 4) is 5.75 Å². The fourth-order valence-corrected chi connectivity index (χ4v) is 5.06. The SMILES string of the molecule is COc1ccc(S(=O)(=O)N2CCn3cccc3C2c2ccccc2)cc1. The van der Waals surface area contributed by atoms with Crippen molar-refractivity contribution in [2.75, 3.05) is 13.7 Å². The van der Waals surface area contributed by atoms with E-state index in [2.05, 4.69) is 4.57 Å². The third-order valence-corrected chi connectivity index (χ3v) is 6.65. The van der Waals surface area contributed by atoms with Crippen LogP contribution in [0.2, 0.25) is 0 Å². The number of hydrogen-bond acceptors (Lipinski definition) is 3. The molecule has 26 heavy (non-hydrogen) atoms. The van der Waals surface area contributed by atoms with E-state index in [1.54, 1.807) is 35.7 Å². The van der Waals surface area contributed by atoms with Crippen LogP contribution in [-0.4, -0.2) is 30.9 Å². The minimum atomic E-state index is -3.64. The predicted molar refractivity (Wildman–Crippen MR) is 99.6 cm³/mol. The summed E-state index contributed by atoms with van der Waals surface area (Å²) in [6.45, 7) is 1.07. The molecule has 0 fully saturated rings. The lowest BCUT2D eigenvalue weighted by Crippen LogP contribution is -2.42. The summed E-state index contributed by atoms with van der Waals surface area (Å²) in [4.78, 5) is 0.277. The lowest BCUT2D eigenvalue weighted by atomic mass is 10.0. The smallest absolute Gasteiger partial charge is 0.244 e. The number of nitrogens with zero attached hydrogens (tertiary/aromatic N) is 2. The van der Waals surface area contributed by atoms with Gasteiger partial charge in [0.1, 0.15) is 5.75 Å². The Morgan fingerprint density at radius 1 is 0.923 bits per heavy atom. The van der Waals surface area contributed by atoms with Crippen LogP contribution in [0.4, 0.5) is 0 Å². The first-order valence-corrected chi connectivity index (χ1v) is 9.91. The standard InChI is InChI=1S/C20H20N2O3S/c1-25-17-9-11-18(12-10-17)26(23,24)22-15-14-21-13-5-8-19(21)20(22)16-6-3-2-4-7-16/h2-13,20H,14-15H2,1H3. The lowest BCUT2D eigenvalue weighted by molar-refractivity contribution is 0.298. The number of rotatable bonds is 4. The summed E-state index contributed by atoms with van der Waals surface area (Å²) >= 11 is 0. The first kappa shape index (κ1) is 16.9. The third kappa shape index (κ3) is 2.81. The van der Waals surface area contributed by atoms with Gasteiger partial charge in [-0.25, -0.2) is 8.42 Å². The van der Waals surface area contributed by atoms with E-state index in [-0.39, 0.29) is 10.9 Å². The van der Waals surface area contributed by atoms with Crippen LogP contribution < -0.4 is 4.74 Å². The maximum Gasteiger partial charge on any atom is 0.244 e. The van der Waals surface area contributed by atoms with E-state index in [1.807, 2.05) is 48.7 Å². The zero-order valence-corrected chi connectivity index (χ0v) is 15.3. The van der Waals surface area contributed by atoms with Gasteiger partial charge in [-0.3, -0.25) is 0 Å². The van der Waals surface area contributed by atoms with E-state index in [4.69, 9.17) is 4.74 Å². The van der Waals surface area contributed by atoms with Crippen LogP contribution in [0.5, 0.6) is 5.75 Å². The van der Waals surface area contributed by atoms with Crippen LogP contribution in [0.15, 0.2) is 77.8 Å². The van der Waals surface area contributed by atoms with Gasteiger partial charge in [0.15, 0.2) is 0 Å². The second kappa shape index (κ2) is 6.63. The Bertz CT molecular complexity index is 995. The molecule has 0 aliphatic carbocycles. The maximum atomic E-state index is 13.4. The summed E-state index contributed by atoms with van der Waals surface area (Å²) in [5.74, 6) is 0.635. The van der Waals surface area contributed by atoms with Crippen molar-refractivity contribution in [1.29, 1.82) is 0 Å². The summed E-state index contributed by atoms with van der Waals surface area (Å²) in [5.41, 5.74) is 1.95. The van der Waals surface area contributed by atoms with Gasteiger partial charge in [-0.15, -0.1) is 0 Å². The first-order valence-electron chi connectivity index (χ1n) is 8.47. The number of hydrogen-bond donors (Lipinski definition) is 0. The highest BCUT2D eigenvalue weighted by Crippen LogP contribution is 2.36. The van der Waals surface area contributed by atoms with Gasteiger partial charge < -0.3 is 9.30 Å². The average molecular weight is 368 g/mol. The van der Waals surface area contributed by atoms with Crippen LogP contribution in [0.3, 0.4) is 0 Å². The predicted octanol–water partition coefficient (Wildman–Crippen LogP) is 3.29. The van der Waals surface area contributed by atoms with Gasteiger partial charge in [-0.2, -0.15) is 4.31 Å². The van der Waals surface area contributed by atoms with Gasteiger partial charge in [-0.05, 0) is 42.0 Å². The Morgan fingerprint density at radius 2 is 1.65 bits per heavy atom. The Kier molecular flexibility index (Phi) is 4.30. The fraction of sp³-hybridized carbons (Fsp3) is 0.200. The number of methoxy groups -OCH3 is 1. The maximum absolute atomic E-state index is 13.4. The third-order valence-electron chi connectivity index (χ3n) is 4.78. The molecule has 2 aromatic carbocycles. The number of benzene rings is 2. The molecule has 0 spiro atoms. The zero-order chi connectivity index (χ0) is 18.1. The Hall–Kier alpha value is -2.57. The van der Waals surface area contributed by atoms with E-state index in [0.29, 0.717) is 18.8 Å². The van der Waals surface area contributed by atoms with Crippen molar-refractivity contribution in [3.63, 3.8) is 0 Å². The van der Waals surface area contributed by atoms with E-state index in [1.165, 1.54) is 0 Å². The summed E-state index contributed by atoms with van der Waals surface area (Å²) < 4.78 is 35.6. The van der Waals surface area contributed by atoms with Crippen molar-refractivity contribution < 1.29 is 13.2 Å². The molecule has 4 rings (SSSR count). The van der Waals surface area contributed by atoms with Gasteiger partial charge in [0.2, 0.25) is 10.0 Å². The molecule has 1 aliphatic rings. The number of fused-ring (bicyclic) bond motifs is 1. The minimum absolute atomic E-state index is 0.277. The largest absolute Gasteiger partial charge is 0.497 e. The van der Waals surface area contributed by atoms with Gasteiger partial charge in [0.05, 0.1) is 18.0 Å². The van der Waals surface area contributed by atoms with E-state index in [9.17, 15) is 8.42 Å². The second-order valence-corrected chi connectivity index (χ2v) is 8.12. The van der Waals surface area contributed by atoms with Crippen molar-refractivity contribution in [3.05, 3.63) is 84.2 Å². The number of aromatic nitrogens is 1. The molecular formula is C20H20N2O3S. The molecule has 134 valence electrons. The van der Waals surface area contributed by atoms with E-state index in [0.717, 1.165) is 11.3 Å². The molecule has 0 saturated heterocycles. The number of ether oxygens (including phenoxy) is 1. The molecule has 1 unspecified atom stereocenters. The summed E-state index contributed by atoms with van der Waals surface area (Å²) in [5, 5.41) is 0. The average Bonchev–Trinajstić information content (AvgIpc) is 3.16. The Balaban J connectivity index is 1.81. The van der Waals surface area contributed by atoms with Crippen LogP contribution in [0.25, 0.3) is 0 Å². The summed E-state index contributed by atoms with van der Waals surface area (Å²) in [6, 6.07) is 19.9. The van der Waals surface area contributed by atoms with Gasteiger partial charge in [0, 0.05) is 25.0 Å². The van der Waals surface area contributed by atoms with Gasteiger partial charge >= 0.3 is 0 Å². The molecule has 1 aliphatic heterocycles. The molecule has 1 aromatic heterocycles. The van der Waals surface area contributed by atoms with Gasteiger partial charge in [-0.1, -0.05) is 30.3 Å². The van der Waals surface area contributed by atoms with Crippen LogP contribution in [-0.2, 0) is 16.6 Å². The van der Waals surface area contributed by atoms with Crippen molar-refractivity contribution in [2.45, 2.75) is 17.5 Å². The Labute approximate surface area is 153 Å². The monoisotopic (exact) mass is 368 g/mol. The van der Waals surface area contributed by atoms with Crippen molar-refractivity contribution in [2.24, 2.45) is 0 Å². The van der Waals surface area contributed by atoms with Crippen molar-refractivity contribution in [1.82, 2.24) is 8.87 Å². The lowest BCUT2D eigenvalue weighted by Gasteiger charge is -2.36. The zero-order valence-electron chi connectivity index (χ0n) is 14.4. The van der Waals surface area contributed by atoms with E-state index >= 15 is 0 Å². The van der Waals surface area contributed by atoms with Crippen LogP contribution in [0, 0.1) is 0 Å². The highest BCUT2D eigenvalue weighted by Gasteiger charge is 2.37. The highest BCUT2D eigenvalue weighted by molar-refractivity contribution is 7.89. The molecule has 0 bridgehead atoms. The molecule has 0 saturated carbocycles. The van der Waals surface area contributed by atoms with Crippen molar-refractivity contribution >= 4 is 10.0 Å². The summed E-state index contributed by atoms with van der Waals surface area (Å²) in [6.07, 6.45) is 2.00. The molecule has 3 aromatic rings. The molecule has 2 heterocycles. The normalized spacial score (nSPS) is 17.7. The fourth-order valence-electron chi connectivity index (χ4n) is 3.48. The first-order chi connectivity index (χ1) is 12.6. The second-order valence-electron chi connectivity index (χ2n) is 6.23. The molecule has 5 nitrogen and oxygen atoms in total. The molecule has 6 heteroatoms. The number of sulfonamides is 1. The van der Waals surface area contributed by atoms with Crippen LogP contribution in [0.1, 0.15) is 17.3 Å². The molecule has 0 radical (unpaired) electrons. The minimum Gasteiger partial charge on any atom is -0.497 e. The molecular weight excluding hydrogens is 348 g/mol. The summed E-state index contributed by atoms with van der Waals surface area (Å²) in [7, 11) is -2.08. The van der Waals surface area contributed by atoms with E-state index < -0.39 is 10.0 Å². The molecule has 1 atom stereocenters. The Morgan fingerprint density at radius 3 is 2.35 bits per heavy atom. The molecule has 0 amide bonds. The van der Waals surface area contributed by atoms with Gasteiger partial charge in [0.25, 0.3) is 0 Å².